The zero-order valence-corrected chi connectivity index (χ0v) is 16.7. The number of carbonyl (C=O) groups excluding carboxylic acids is 1. The van der Waals surface area contributed by atoms with Crippen LogP contribution in [-0.4, -0.2) is 24.4 Å². The number of para-hydroxylation sites is 2. The molecule has 0 radical (unpaired) electrons. The summed E-state index contributed by atoms with van der Waals surface area (Å²) in [6, 6.07) is 25.7. The Bertz CT molecular complexity index is 910. The molecule has 7 heteroatoms. The lowest BCUT2D eigenvalue weighted by Gasteiger charge is -2.18. The van der Waals surface area contributed by atoms with Crippen LogP contribution in [0.1, 0.15) is 16.4 Å². The lowest BCUT2D eigenvalue weighted by atomic mass is 10.0. The Morgan fingerprint density at radius 2 is 1.40 bits per heavy atom. The number of hydrogen-bond acceptors (Lipinski definition) is 3. The molecule has 0 aliphatic rings. The summed E-state index contributed by atoms with van der Waals surface area (Å²) >= 11 is 1.45. The van der Waals surface area contributed by atoms with E-state index in [2.05, 4.69) is 5.32 Å². The number of ether oxygens (including phenoxy) is 1. The molecular weight excluding hydrogens is 411 g/mol. The molecule has 0 heterocycles. The Labute approximate surface area is 177 Å². The van der Waals surface area contributed by atoms with Crippen LogP contribution >= 0.6 is 11.8 Å². The maximum atomic E-state index is 12.5. The second kappa shape index (κ2) is 10.2. The molecule has 0 aromatic heterocycles. The smallest absolute Gasteiger partial charge is 0.422 e. The van der Waals surface area contributed by atoms with Crippen molar-refractivity contribution in [2.24, 2.45) is 0 Å². The molecule has 0 bridgehead atoms. The molecule has 0 unspecified atom stereocenters. The zero-order valence-electron chi connectivity index (χ0n) is 15.9. The third-order valence-corrected chi connectivity index (χ3v) is 5.44. The van der Waals surface area contributed by atoms with Gasteiger partial charge in [0, 0.05) is 0 Å². The molecule has 30 heavy (non-hydrogen) atoms. The number of nitrogens with one attached hydrogen (secondary N) is 1. The third-order valence-electron chi connectivity index (χ3n) is 4.14. The first-order valence-electron chi connectivity index (χ1n) is 9.22. The van der Waals surface area contributed by atoms with Crippen LogP contribution in [0.4, 0.5) is 18.9 Å². The number of amides is 1. The second-order valence-electron chi connectivity index (χ2n) is 6.46. The van der Waals surface area contributed by atoms with Gasteiger partial charge in [0.2, 0.25) is 5.91 Å². The van der Waals surface area contributed by atoms with Gasteiger partial charge in [0.05, 0.1) is 16.7 Å². The number of carbonyl (C=O) groups is 1. The van der Waals surface area contributed by atoms with E-state index in [1.165, 1.54) is 23.9 Å². The first-order chi connectivity index (χ1) is 14.4. The van der Waals surface area contributed by atoms with Crippen molar-refractivity contribution < 1.29 is 22.7 Å². The van der Waals surface area contributed by atoms with Crippen molar-refractivity contribution in [3.63, 3.8) is 0 Å². The highest BCUT2D eigenvalue weighted by Crippen LogP contribution is 2.35. The maximum Gasteiger partial charge on any atom is 0.422 e. The summed E-state index contributed by atoms with van der Waals surface area (Å²) in [5, 5.41) is 2.61. The van der Waals surface area contributed by atoms with E-state index in [1.54, 1.807) is 12.1 Å². The Kier molecular flexibility index (Phi) is 7.41. The van der Waals surface area contributed by atoms with Gasteiger partial charge in [-0.1, -0.05) is 72.8 Å². The zero-order chi connectivity index (χ0) is 21.4. The van der Waals surface area contributed by atoms with Gasteiger partial charge in [-0.15, -0.1) is 11.8 Å². The summed E-state index contributed by atoms with van der Waals surface area (Å²) in [4.78, 5) is 12.5. The number of halogens is 3. The minimum Gasteiger partial charge on any atom is -0.482 e. The number of hydrogen-bond donors (Lipinski definition) is 1. The molecule has 0 atom stereocenters. The minimum atomic E-state index is -4.45. The Morgan fingerprint density at radius 3 is 1.97 bits per heavy atom. The first-order valence-corrected chi connectivity index (χ1v) is 10.3. The van der Waals surface area contributed by atoms with E-state index in [0.717, 1.165) is 11.1 Å². The third kappa shape index (κ3) is 6.56. The van der Waals surface area contributed by atoms with Gasteiger partial charge in [-0.05, 0) is 23.3 Å². The monoisotopic (exact) mass is 431 g/mol. The molecule has 3 aromatic rings. The van der Waals surface area contributed by atoms with Gasteiger partial charge in [-0.25, -0.2) is 0 Å². The fourth-order valence-electron chi connectivity index (χ4n) is 2.84. The predicted octanol–water partition coefficient (Wildman–Crippen LogP) is 6.09. The van der Waals surface area contributed by atoms with E-state index in [-0.39, 0.29) is 28.3 Å². The van der Waals surface area contributed by atoms with Gasteiger partial charge in [0.1, 0.15) is 5.75 Å². The van der Waals surface area contributed by atoms with Crippen LogP contribution in [0.2, 0.25) is 0 Å². The standard InChI is InChI=1S/C23H20F3NO2S/c24-23(25,26)16-29-20-14-8-7-13-19(20)27-21(28)15-30-22(17-9-3-1-4-10-17)18-11-5-2-6-12-18/h1-14,22H,15-16H2,(H,27,28). The van der Waals surface area contributed by atoms with Crippen molar-refractivity contribution in [3.8, 4) is 5.75 Å². The SMILES string of the molecule is O=C(CSC(c1ccccc1)c1ccccc1)Nc1ccccc1OCC(F)(F)F. The number of alkyl halides is 3. The Morgan fingerprint density at radius 1 is 0.867 bits per heavy atom. The van der Waals surface area contributed by atoms with Crippen LogP contribution in [-0.2, 0) is 4.79 Å². The summed E-state index contributed by atoms with van der Waals surface area (Å²) in [7, 11) is 0. The summed E-state index contributed by atoms with van der Waals surface area (Å²) in [6.07, 6.45) is -4.45. The fourth-order valence-corrected chi connectivity index (χ4v) is 3.93. The maximum absolute atomic E-state index is 12.5. The van der Waals surface area contributed by atoms with E-state index in [1.807, 2.05) is 60.7 Å². The second-order valence-corrected chi connectivity index (χ2v) is 7.55. The molecule has 3 aromatic carbocycles. The normalized spacial score (nSPS) is 11.3. The van der Waals surface area contributed by atoms with Gasteiger partial charge in [0.25, 0.3) is 0 Å². The number of thioether (sulfide) groups is 1. The fraction of sp³-hybridized carbons (Fsp3) is 0.174. The molecule has 0 spiro atoms. The molecule has 0 aliphatic heterocycles. The molecule has 1 N–H and O–H groups in total. The molecular formula is C23H20F3NO2S. The van der Waals surface area contributed by atoms with Crippen LogP contribution in [0.25, 0.3) is 0 Å². The van der Waals surface area contributed by atoms with Crippen LogP contribution < -0.4 is 10.1 Å². The van der Waals surface area contributed by atoms with E-state index in [0.29, 0.717) is 0 Å². The number of benzene rings is 3. The molecule has 0 fully saturated rings. The van der Waals surface area contributed by atoms with Crippen molar-refractivity contribution in [1.82, 2.24) is 0 Å². The summed E-state index contributed by atoms with van der Waals surface area (Å²) in [6.45, 7) is -1.42. The summed E-state index contributed by atoms with van der Waals surface area (Å²) in [5.74, 6) is -0.210. The van der Waals surface area contributed by atoms with E-state index < -0.39 is 12.8 Å². The average Bonchev–Trinajstić information content (AvgIpc) is 2.74. The minimum absolute atomic E-state index is 0.0177. The quantitative estimate of drug-likeness (QED) is 0.469. The lowest BCUT2D eigenvalue weighted by Crippen LogP contribution is -2.21. The molecule has 0 saturated heterocycles. The largest absolute Gasteiger partial charge is 0.482 e. The highest BCUT2D eigenvalue weighted by Gasteiger charge is 2.29. The molecule has 0 aliphatic carbocycles. The number of anilines is 1. The van der Waals surface area contributed by atoms with Crippen LogP contribution in [0.5, 0.6) is 5.75 Å². The van der Waals surface area contributed by atoms with Crippen molar-refractivity contribution in [3.05, 3.63) is 96.1 Å². The average molecular weight is 431 g/mol. The topological polar surface area (TPSA) is 38.3 Å². The summed E-state index contributed by atoms with van der Waals surface area (Å²) < 4.78 is 42.2. The molecule has 1 amide bonds. The van der Waals surface area contributed by atoms with Gasteiger partial charge < -0.3 is 10.1 Å². The van der Waals surface area contributed by atoms with Crippen LogP contribution in [0.3, 0.4) is 0 Å². The van der Waals surface area contributed by atoms with Gasteiger partial charge >= 0.3 is 6.18 Å². The Hall–Kier alpha value is -2.93. The lowest BCUT2D eigenvalue weighted by molar-refractivity contribution is -0.153. The number of rotatable bonds is 8. The van der Waals surface area contributed by atoms with Crippen LogP contribution in [0.15, 0.2) is 84.9 Å². The van der Waals surface area contributed by atoms with E-state index in [9.17, 15) is 18.0 Å². The molecule has 3 nitrogen and oxygen atoms in total. The predicted molar refractivity (Wildman–Crippen MR) is 114 cm³/mol. The molecule has 156 valence electrons. The van der Waals surface area contributed by atoms with Gasteiger partial charge in [-0.2, -0.15) is 13.2 Å². The van der Waals surface area contributed by atoms with Crippen LogP contribution in [0, 0.1) is 0 Å². The van der Waals surface area contributed by atoms with E-state index in [4.69, 9.17) is 4.74 Å². The highest BCUT2D eigenvalue weighted by molar-refractivity contribution is 8.00. The molecule has 0 saturated carbocycles. The van der Waals surface area contributed by atoms with Crippen molar-refractivity contribution in [2.75, 3.05) is 17.7 Å². The van der Waals surface area contributed by atoms with Crippen molar-refractivity contribution in [2.45, 2.75) is 11.4 Å². The van der Waals surface area contributed by atoms with Crippen molar-refractivity contribution in [1.29, 1.82) is 0 Å². The van der Waals surface area contributed by atoms with Gasteiger partial charge in [0.15, 0.2) is 6.61 Å². The summed E-state index contributed by atoms with van der Waals surface area (Å²) in [5.41, 5.74) is 2.34. The Balaban J connectivity index is 1.67. The highest BCUT2D eigenvalue weighted by atomic mass is 32.2. The first kappa shape index (κ1) is 21.8. The van der Waals surface area contributed by atoms with Crippen molar-refractivity contribution >= 4 is 23.4 Å². The van der Waals surface area contributed by atoms with E-state index >= 15 is 0 Å². The van der Waals surface area contributed by atoms with Gasteiger partial charge in [-0.3, -0.25) is 4.79 Å². The molecule has 3 rings (SSSR count).